The summed E-state index contributed by atoms with van der Waals surface area (Å²) in [5, 5.41) is 19.9. The number of aromatic nitrogens is 5. The Bertz CT molecular complexity index is 1070. The van der Waals surface area contributed by atoms with E-state index in [1.165, 1.54) is 19.3 Å². The van der Waals surface area contributed by atoms with Crippen LogP contribution >= 0.6 is 22.9 Å². The van der Waals surface area contributed by atoms with Crippen LogP contribution in [0.1, 0.15) is 21.6 Å². The molecule has 0 fully saturated rings. The lowest BCUT2D eigenvalue weighted by atomic mass is 10.1. The summed E-state index contributed by atoms with van der Waals surface area (Å²) < 4.78 is 67.3. The molecule has 0 saturated heterocycles. The van der Waals surface area contributed by atoms with Gasteiger partial charge < -0.3 is 5.11 Å². The third kappa shape index (κ3) is 3.13. The molecule has 3 rings (SSSR count). The number of nitrogens with zero attached hydrogens (tertiary/aromatic N) is 5. The molecule has 0 aliphatic rings. The predicted octanol–water partition coefficient (Wildman–Crippen LogP) is 4.04. The maximum Gasteiger partial charge on any atom is 0.459 e. The standard InChI is InChI=1S/C14H9ClF5N5O2S/c1-5-9(13(16,17)14(18,19)20)22-24(2)11(5)25-4-7(21-23-25)8-3-6(12(26)27)10(15)28-8/h3-4H,1-2H3,(H,26,27). The van der Waals surface area contributed by atoms with Gasteiger partial charge in [-0.2, -0.15) is 27.1 Å². The molecule has 0 bridgehead atoms. The third-order valence-electron chi connectivity index (χ3n) is 3.78. The first-order valence-corrected chi connectivity index (χ1v) is 8.48. The van der Waals surface area contributed by atoms with E-state index in [1.807, 2.05) is 0 Å². The second kappa shape index (κ2) is 6.51. The fourth-order valence-electron chi connectivity index (χ4n) is 2.49. The average molecular weight is 442 g/mol. The number of halogens is 6. The highest BCUT2D eigenvalue weighted by atomic mass is 35.5. The van der Waals surface area contributed by atoms with Crippen LogP contribution in [0.5, 0.6) is 0 Å². The highest BCUT2D eigenvalue weighted by Crippen LogP contribution is 2.45. The van der Waals surface area contributed by atoms with E-state index in [4.69, 9.17) is 16.7 Å². The zero-order valence-corrected chi connectivity index (χ0v) is 15.5. The van der Waals surface area contributed by atoms with Gasteiger partial charge in [0.15, 0.2) is 5.82 Å². The highest BCUT2D eigenvalue weighted by molar-refractivity contribution is 7.19. The molecular formula is C14H9ClF5N5O2S. The fraction of sp³-hybridized carbons (Fsp3) is 0.286. The van der Waals surface area contributed by atoms with E-state index < -0.39 is 29.3 Å². The van der Waals surface area contributed by atoms with Crippen LogP contribution in [0.15, 0.2) is 12.3 Å². The summed E-state index contributed by atoms with van der Waals surface area (Å²) in [5.74, 6) is -6.55. The summed E-state index contributed by atoms with van der Waals surface area (Å²) in [4.78, 5) is 11.4. The van der Waals surface area contributed by atoms with Crippen LogP contribution in [0.3, 0.4) is 0 Å². The number of hydrogen-bond acceptors (Lipinski definition) is 5. The summed E-state index contributed by atoms with van der Waals surface area (Å²) >= 11 is 6.74. The summed E-state index contributed by atoms with van der Waals surface area (Å²) in [6.45, 7) is 1.06. The van der Waals surface area contributed by atoms with Crippen LogP contribution in [0, 0.1) is 6.92 Å². The Hall–Kier alpha value is -2.54. The van der Waals surface area contributed by atoms with Crippen LogP contribution in [0.4, 0.5) is 22.0 Å². The third-order valence-corrected chi connectivity index (χ3v) is 5.16. The number of rotatable bonds is 4. The maximum atomic E-state index is 13.7. The van der Waals surface area contributed by atoms with Gasteiger partial charge in [-0.3, -0.25) is 4.68 Å². The van der Waals surface area contributed by atoms with Crippen molar-refractivity contribution in [1.82, 2.24) is 24.8 Å². The van der Waals surface area contributed by atoms with E-state index in [-0.39, 0.29) is 21.4 Å². The van der Waals surface area contributed by atoms with Gasteiger partial charge in [0.05, 0.1) is 16.6 Å². The van der Waals surface area contributed by atoms with Gasteiger partial charge in [0.25, 0.3) is 0 Å². The zero-order valence-electron chi connectivity index (χ0n) is 13.9. The molecule has 0 aromatic carbocycles. The van der Waals surface area contributed by atoms with Gasteiger partial charge in [-0.25, -0.2) is 9.48 Å². The Morgan fingerprint density at radius 3 is 2.46 bits per heavy atom. The molecule has 3 aromatic rings. The summed E-state index contributed by atoms with van der Waals surface area (Å²) in [6, 6.07) is 1.25. The van der Waals surface area contributed by atoms with E-state index in [1.54, 1.807) is 0 Å². The van der Waals surface area contributed by atoms with E-state index in [9.17, 15) is 26.7 Å². The second-order valence-corrected chi connectivity index (χ2v) is 7.30. The van der Waals surface area contributed by atoms with Gasteiger partial charge in [0.1, 0.15) is 15.7 Å². The molecular weight excluding hydrogens is 433 g/mol. The number of aromatic carboxylic acids is 1. The molecule has 0 saturated carbocycles. The van der Waals surface area contributed by atoms with Crippen molar-refractivity contribution < 1.29 is 31.9 Å². The molecule has 3 heterocycles. The number of carbonyl (C=O) groups is 1. The minimum atomic E-state index is -5.81. The van der Waals surface area contributed by atoms with Crippen molar-refractivity contribution in [3.05, 3.63) is 33.4 Å². The van der Waals surface area contributed by atoms with E-state index in [2.05, 4.69) is 15.4 Å². The zero-order chi connectivity index (χ0) is 21.0. The number of aryl methyl sites for hydroxylation is 1. The minimum Gasteiger partial charge on any atom is -0.478 e. The SMILES string of the molecule is Cc1c(C(F)(F)C(F)(F)F)nn(C)c1-n1cc(-c2cc(C(=O)O)c(Cl)s2)nn1. The second-order valence-electron chi connectivity index (χ2n) is 5.64. The van der Waals surface area contributed by atoms with Gasteiger partial charge in [-0.05, 0) is 13.0 Å². The smallest absolute Gasteiger partial charge is 0.459 e. The summed E-state index contributed by atoms with van der Waals surface area (Å²) in [6.07, 6.45) is -4.56. The summed E-state index contributed by atoms with van der Waals surface area (Å²) in [7, 11) is 1.18. The van der Waals surface area contributed by atoms with Crippen molar-refractivity contribution in [1.29, 1.82) is 0 Å². The average Bonchev–Trinajstić information content (AvgIpc) is 3.24. The van der Waals surface area contributed by atoms with Crippen molar-refractivity contribution in [2.75, 3.05) is 0 Å². The van der Waals surface area contributed by atoms with Gasteiger partial charge in [0.2, 0.25) is 0 Å². The Morgan fingerprint density at radius 1 is 1.29 bits per heavy atom. The van der Waals surface area contributed by atoms with Crippen molar-refractivity contribution in [3.63, 3.8) is 0 Å². The monoisotopic (exact) mass is 441 g/mol. The normalized spacial score (nSPS) is 12.6. The van der Waals surface area contributed by atoms with E-state index in [0.717, 1.165) is 27.6 Å². The van der Waals surface area contributed by atoms with Crippen molar-refractivity contribution >= 4 is 28.9 Å². The Labute approximate surface area is 161 Å². The molecule has 0 amide bonds. The first-order chi connectivity index (χ1) is 12.8. The number of alkyl halides is 5. The van der Waals surface area contributed by atoms with Crippen LogP contribution in [-0.4, -0.2) is 42.0 Å². The molecule has 0 atom stereocenters. The molecule has 3 aromatic heterocycles. The Morgan fingerprint density at radius 2 is 1.93 bits per heavy atom. The van der Waals surface area contributed by atoms with Gasteiger partial charge in [-0.15, -0.1) is 16.4 Å². The summed E-state index contributed by atoms with van der Waals surface area (Å²) in [5.41, 5.74) is -1.87. The molecule has 150 valence electrons. The van der Waals surface area contributed by atoms with E-state index in [0.29, 0.717) is 4.88 Å². The number of thiophene rings is 1. The van der Waals surface area contributed by atoms with Gasteiger partial charge in [0, 0.05) is 12.6 Å². The van der Waals surface area contributed by atoms with Crippen LogP contribution in [0.25, 0.3) is 16.4 Å². The molecule has 28 heavy (non-hydrogen) atoms. The van der Waals surface area contributed by atoms with Crippen LogP contribution in [0.2, 0.25) is 4.34 Å². The molecule has 0 radical (unpaired) electrons. The van der Waals surface area contributed by atoms with Gasteiger partial charge in [-0.1, -0.05) is 16.8 Å². The van der Waals surface area contributed by atoms with E-state index >= 15 is 0 Å². The van der Waals surface area contributed by atoms with Crippen molar-refractivity contribution in [2.24, 2.45) is 7.05 Å². The predicted molar refractivity (Wildman–Crippen MR) is 88.1 cm³/mol. The Balaban J connectivity index is 2.05. The lowest BCUT2D eigenvalue weighted by molar-refractivity contribution is -0.291. The van der Waals surface area contributed by atoms with Crippen LogP contribution in [-0.2, 0) is 13.0 Å². The van der Waals surface area contributed by atoms with Gasteiger partial charge >= 0.3 is 18.1 Å². The van der Waals surface area contributed by atoms with Crippen LogP contribution < -0.4 is 0 Å². The number of carboxylic acid groups (broad SMARTS) is 1. The molecule has 14 heteroatoms. The molecule has 0 aliphatic heterocycles. The number of hydrogen-bond donors (Lipinski definition) is 1. The fourth-order valence-corrected chi connectivity index (χ4v) is 3.70. The quantitative estimate of drug-likeness (QED) is 0.617. The Kier molecular flexibility index (Phi) is 4.70. The first kappa shape index (κ1) is 20.2. The highest BCUT2D eigenvalue weighted by Gasteiger charge is 2.61. The number of carboxylic acids is 1. The first-order valence-electron chi connectivity index (χ1n) is 7.29. The molecule has 0 spiro atoms. The van der Waals surface area contributed by atoms with Crippen molar-refractivity contribution in [3.8, 4) is 16.4 Å². The minimum absolute atomic E-state index is 0.000805. The lowest BCUT2D eigenvalue weighted by Gasteiger charge is -2.17. The molecule has 1 N–H and O–H groups in total. The lowest BCUT2D eigenvalue weighted by Crippen LogP contribution is -2.34. The van der Waals surface area contributed by atoms with Crippen molar-refractivity contribution in [2.45, 2.75) is 19.0 Å². The molecule has 0 aliphatic carbocycles. The molecule has 7 nitrogen and oxygen atoms in total. The molecule has 0 unspecified atom stereocenters. The topological polar surface area (TPSA) is 85.8 Å². The maximum absolute atomic E-state index is 13.7. The largest absolute Gasteiger partial charge is 0.478 e.